The molecule has 0 atom stereocenters. The maximum atomic E-state index is 12.9. The number of rotatable bonds is 28. The van der Waals surface area contributed by atoms with Crippen LogP contribution >= 0.6 is 11.8 Å². The van der Waals surface area contributed by atoms with Gasteiger partial charge in [-0.05, 0) is 85.1 Å². The van der Waals surface area contributed by atoms with E-state index in [2.05, 4.69) is 10.6 Å². The molecule has 3 aromatic rings. The standard InChI is InChI=1S/C42H55N3O13S.2C2H6/c1-42(2,3)58-41(48)43-17-18-52-19-20-53-21-22-54-23-24-55-25-26-56-30-35-28-37(57-31-51-4)13-9-34(35)10-16-40(47)59-38-14-7-32(8-15-38)27-39(46)44-29-33-5-11-36(12-6-33)45(49)50;2*1-2/h5-16,28H,17-27,29-31H2,1-4H3,(H,43,48)(H,44,46);2*1-2H3/b16-10+;;. The van der Waals surface area contributed by atoms with E-state index >= 15 is 0 Å². The van der Waals surface area contributed by atoms with Crippen molar-refractivity contribution in [1.82, 2.24) is 10.6 Å². The number of non-ortho nitro benzene ring substituents is 1. The fourth-order valence-corrected chi connectivity index (χ4v) is 5.50. The number of amides is 2. The van der Waals surface area contributed by atoms with Crippen molar-refractivity contribution in [3.8, 4) is 5.75 Å². The van der Waals surface area contributed by atoms with Crippen LogP contribution in [-0.4, -0.2) is 108 Å². The molecule has 0 fully saturated rings. The van der Waals surface area contributed by atoms with Crippen LogP contribution in [0.15, 0.2) is 77.7 Å². The molecule has 0 aliphatic heterocycles. The zero-order valence-corrected chi connectivity index (χ0v) is 38.9. The Balaban J connectivity index is 0.00000481. The van der Waals surface area contributed by atoms with E-state index < -0.39 is 16.6 Å². The van der Waals surface area contributed by atoms with Gasteiger partial charge in [0.1, 0.15) is 11.4 Å². The molecule has 0 heterocycles. The summed E-state index contributed by atoms with van der Waals surface area (Å²) in [6, 6.07) is 18.6. The SMILES string of the molecule is CC.CC.COCOc1ccc(/C=C/C(=O)Sc2ccc(CC(=O)NCc3ccc([N+](=O)[O-])cc3)cc2)c(COCCOCCOCCOCCOCCNC(=O)OC(C)(C)C)c1. The van der Waals surface area contributed by atoms with Gasteiger partial charge in [-0.3, -0.25) is 19.7 Å². The summed E-state index contributed by atoms with van der Waals surface area (Å²) in [6.07, 6.45) is 2.90. The van der Waals surface area contributed by atoms with Crippen molar-refractivity contribution in [1.29, 1.82) is 0 Å². The van der Waals surface area contributed by atoms with Crippen LogP contribution in [0.4, 0.5) is 10.5 Å². The highest BCUT2D eigenvalue weighted by Gasteiger charge is 2.15. The Morgan fingerprint density at radius 2 is 1.29 bits per heavy atom. The molecule has 0 radical (unpaired) electrons. The highest BCUT2D eigenvalue weighted by atomic mass is 32.2. The maximum Gasteiger partial charge on any atom is 0.407 e. The van der Waals surface area contributed by atoms with Gasteiger partial charge in [0, 0.05) is 37.2 Å². The van der Waals surface area contributed by atoms with Crippen molar-refractivity contribution in [3.63, 3.8) is 0 Å². The van der Waals surface area contributed by atoms with Gasteiger partial charge in [-0.15, -0.1) is 0 Å². The van der Waals surface area contributed by atoms with E-state index in [-0.39, 0.29) is 43.1 Å². The summed E-state index contributed by atoms with van der Waals surface area (Å²) in [4.78, 5) is 48.0. The van der Waals surface area contributed by atoms with Crippen molar-refractivity contribution in [2.24, 2.45) is 0 Å². The molecule has 0 aliphatic carbocycles. The number of hydrogen-bond donors (Lipinski definition) is 2. The Bertz CT molecular complexity index is 1750. The highest BCUT2D eigenvalue weighted by Crippen LogP contribution is 2.24. The van der Waals surface area contributed by atoms with Crippen LogP contribution < -0.4 is 15.4 Å². The smallest absolute Gasteiger partial charge is 0.407 e. The van der Waals surface area contributed by atoms with Crippen molar-refractivity contribution in [2.75, 3.05) is 79.9 Å². The summed E-state index contributed by atoms with van der Waals surface area (Å²) >= 11 is 1.06. The molecule has 0 saturated carbocycles. The third-order valence-corrected chi connectivity index (χ3v) is 8.51. The lowest BCUT2D eigenvalue weighted by Gasteiger charge is -2.19. The van der Waals surface area contributed by atoms with E-state index in [1.54, 1.807) is 69.3 Å². The number of ether oxygens (including phenoxy) is 8. The maximum absolute atomic E-state index is 12.9. The molecule has 63 heavy (non-hydrogen) atoms. The van der Waals surface area contributed by atoms with Crippen LogP contribution in [0.1, 0.15) is 70.7 Å². The average molecular weight is 902 g/mol. The number of alkyl carbamates (subject to hydrolysis) is 1. The molecular weight excluding hydrogens is 835 g/mol. The topological polar surface area (TPSA) is 192 Å². The molecule has 17 heteroatoms. The number of thioether (sulfide) groups is 1. The van der Waals surface area contributed by atoms with Gasteiger partial charge in [-0.1, -0.05) is 64.1 Å². The van der Waals surface area contributed by atoms with Crippen molar-refractivity contribution in [3.05, 3.63) is 105 Å². The summed E-state index contributed by atoms with van der Waals surface area (Å²) in [6.45, 7) is 17.9. The first kappa shape index (κ1) is 56.1. The van der Waals surface area contributed by atoms with Crippen LogP contribution in [0.5, 0.6) is 5.75 Å². The quantitative estimate of drug-likeness (QED) is 0.0178. The molecule has 3 aromatic carbocycles. The van der Waals surface area contributed by atoms with E-state index in [1.807, 2.05) is 39.8 Å². The third-order valence-electron chi connectivity index (χ3n) is 7.66. The fourth-order valence-electron chi connectivity index (χ4n) is 4.86. The van der Waals surface area contributed by atoms with E-state index in [1.165, 1.54) is 25.3 Å². The second-order valence-electron chi connectivity index (χ2n) is 13.6. The lowest BCUT2D eigenvalue weighted by atomic mass is 10.1. The number of carbonyl (C=O) groups is 3. The normalized spacial score (nSPS) is 10.9. The first-order valence-corrected chi connectivity index (χ1v) is 21.8. The van der Waals surface area contributed by atoms with Gasteiger partial charge in [0.2, 0.25) is 11.0 Å². The van der Waals surface area contributed by atoms with Crippen molar-refractivity contribution in [2.45, 2.75) is 78.5 Å². The number of nitrogens with zero attached hydrogens (tertiary/aromatic N) is 1. The predicted molar refractivity (Wildman–Crippen MR) is 244 cm³/mol. The van der Waals surface area contributed by atoms with Crippen LogP contribution in [0.3, 0.4) is 0 Å². The van der Waals surface area contributed by atoms with Gasteiger partial charge < -0.3 is 48.5 Å². The van der Waals surface area contributed by atoms with Crippen LogP contribution in [0, 0.1) is 10.1 Å². The second kappa shape index (κ2) is 34.6. The molecule has 3 rings (SSSR count). The second-order valence-corrected chi connectivity index (χ2v) is 14.7. The Morgan fingerprint density at radius 3 is 1.84 bits per heavy atom. The van der Waals surface area contributed by atoms with Gasteiger partial charge in [0.05, 0.1) is 77.4 Å². The Labute approximate surface area is 376 Å². The highest BCUT2D eigenvalue weighted by molar-refractivity contribution is 8.14. The number of nitro benzene ring substituents is 1. The van der Waals surface area contributed by atoms with E-state index in [0.717, 1.165) is 38.9 Å². The Hall–Kier alpha value is -4.88. The number of nitro groups is 1. The zero-order chi connectivity index (χ0) is 46.7. The zero-order valence-electron chi connectivity index (χ0n) is 38.1. The number of carbonyl (C=O) groups excluding carboxylic acids is 3. The van der Waals surface area contributed by atoms with Gasteiger partial charge in [-0.2, -0.15) is 0 Å². The lowest BCUT2D eigenvalue weighted by molar-refractivity contribution is -0.384. The van der Waals surface area contributed by atoms with Crippen LogP contribution in [-0.2, 0) is 62.3 Å². The first-order chi connectivity index (χ1) is 30.4. The molecule has 0 spiro atoms. The van der Waals surface area contributed by atoms with E-state index in [0.29, 0.717) is 71.8 Å². The minimum atomic E-state index is -0.539. The molecule has 0 unspecified atom stereocenters. The molecular formula is C46H67N3O13S. The molecule has 0 bridgehead atoms. The Kier molecular flexibility index (Phi) is 30.8. The van der Waals surface area contributed by atoms with Gasteiger partial charge >= 0.3 is 6.09 Å². The molecule has 350 valence electrons. The number of benzene rings is 3. The monoisotopic (exact) mass is 901 g/mol. The molecule has 0 aromatic heterocycles. The Morgan fingerprint density at radius 1 is 0.730 bits per heavy atom. The molecule has 2 amide bonds. The number of hydrogen-bond acceptors (Lipinski definition) is 14. The van der Waals surface area contributed by atoms with Crippen molar-refractivity contribution >= 4 is 40.6 Å². The molecule has 2 N–H and O–H groups in total. The molecule has 0 saturated heterocycles. The summed E-state index contributed by atoms with van der Waals surface area (Å²) < 4.78 is 43.7. The summed E-state index contributed by atoms with van der Waals surface area (Å²) in [5.41, 5.74) is 2.59. The average Bonchev–Trinajstić information content (AvgIpc) is 3.27. The number of nitrogens with one attached hydrogen (secondary N) is 2. The summed E-state index contributed by atoms with van der Waals surface area (Å²) in [5, 5.41) is 16.1. The fraction of sp³-hybridized carbons (Fsp3) is 0.500. The van der Waals surface area contributed by atoms with Gasteiger partial charge in [0.15, 0.2) is 6.79 Å². The minimum Gasteiger partial charge on any atom is -0.468 e. The van der Waals surface area contributed by atoms with Gasteiger partial charge in [-0.25, -0.2) is 4.79 Å². The molecule has 0 aliphatic rings. The van der Waals surface area contributed by atoms with Crippen molar-refractivity contribution < 1.29 is 57.2 Å². The minimum absolute atomic E-state index is 0.00836. The predicted octanol–water partition coefficient (Wildman–Crippen LogP) is 7.93. The largest absolute Gasteiger partial charge is 0.468 e. The first-order valence-electron chi connectivity index (χ1n) is 21.0. The van der Waals surface area contributed by atoms with Crippen LogP contribution in [0.2, 0.25) is 0 Å². The number of methoxy groups -OCH3 is 1. The summed E-state index contributed by atoms with van der Waals surface area (Å²) in [5.74, 6) is 0.405. The van der Waals surface area contributed by atoms with E-state index in [9.17, 15) is 24.5 Å². The lowest BCUT2D eigenvalue weighted by Crippen LogP contribution is -2.34. The van der Waals surface area contributed by atoms with Crippen LogP contribution in [0.25, 0.3) is 6.08 Å². The van der Waals surface area contributed by atoms with Gasteiger partial charge in [0.25, 0.3) is 5.69 Å². The van der Waals surface area contributed by atoms with E-state index in [4.69, 9.17) is 37.9 Å². The summed E-state index contributed by atoms with van der Waals surface area (Å²) in [7, 11) is 1.54. The molecule has 16 nitrogen and oxygen atoms in total. The third kappa shape index (κ3) is 27.7.